The summed E-state index contributed by atoms with van der Waals surface area (Å²) in [5, 5.41) is 8.87. The summed E-state index contributed by atoms with van der Waals surface area (Å²) in [5.74, 6) is -0.130. The molecule has 1 N–H and O–H groups in total. The molecule has 7 heteroatoms. The lowest BCUT2D eigenvalue weighted by Gasteiger charge is -2.04. The number of halogens is 1. The van der Waals surface area contributed by atoms with Gasteiger partial charge in [0, 0.05) is 26.9 Å². The topological polar surface area (TPSA) is 54.9 Å². The van der Waals surface area contributed by atoms with Gasteiger partial charge in [0.25, 0.3) is 0 Å². The van der Waals surface area contributed by atoms with Gasteiger partial charge in [-0.15, -0.1) is 22.7 Å². The number of thiazole rings is 2. The van der Waals surface area contributed by atoms with Gasteiger partial charge in [0.2, 0.25) is 5.91 Å². The van der Waals surface area contributed by atoms with Crippen molar-refractivity contribution in [2.24, 2.45) is 0 Å². The quantitative estimate of drug-likeness (QED) is 0.392. The molecule has 0 saturated carbocycles. The first kappa shape index (κ1) is 19.8. The van der Waals surface area contributed by atoms with Gasteiger partial charge >= 0.3 is 0 Å². The van der Waals surface area contributed by atoms with E-state index in [1.54, 1.807) is 0 Å². The number of aromatic nitrogens is 2. The first-order chi connectivity index (χ1) is 14.0. The summed E-state index contributed by atoms with van der Waals surface area (Å²) in [6.45, 7) is 4.12. The smallest absolute Gasteiger partial charge is 0.232 e. The predicted molar refractivity (Wildman–Crippen MR) is 122 cm³/mol. The molecule has 4 rings (SSSR count). The van der Waals surface area contributed by atoms with Gasteiger partial charge in [-0.05, 0) is 37.6 Å². The number of rotatable bonds is 5. The van der Waals surface area contributed by atoms with Crippen molar-refractivity contribution in [2.45, 2.75) is 20.3 Å². The summed E-state index contributed by atoms with van der Waals surface area (Å²) < 4.78 is 0. The number of nitrogens with one attached hydrogen (secondary N) is 1. The van der Waals surface area contributed by atoms with Gasteiger partial charge in [0.05, 0.1) is 17.8 Å². The molecule has 29 heavy (non-hydrogen) atoms. The molecule has 2 heterocycles. The maximum absolute atomic E-state index is 12.4. The highest BCUT2D eigenvalue weighted by atomic mass is 35.5. The number of amides is 1. The maximum atomic E-state index is 12.4. The molecule has 2 aromatic carbocycles. The highest BCUT2D eigenvalue weighted by molar-refractivity contribution is 7.14. The van der Waals surface area contributed by atoms with Crippen LogP contribution in [-0.4, -0.2) is 15.9 Å². The van der Waals surface area contributed by atoms with E-state index >= 15 is 0 Å². The Hall–Kier alpha value is -2.54. The van der Waals surface area contributed by atoms with Crippen molar-refractivity contribution in [1.82, 2.24) is 9.97 Å². The molecule has 0 aliphatic rings. The third-order valence-corrected chi connectivity index (χ3v) is 6.32. The van der Waals surface area contributed by atoms with Crippen LogP contribution in [0.3, 0.4) is 0 Å². The summed E-state index contributed by atoms with van der Waals surface area (Å²) in [5.41, 5.74) is 6.00. The molecular formula is C22H18ClN3OS2. The van der Waals surface area contributed by atoms with Crippen molar-refractivity contribution in [1.29, 1.82) is 0 Å². The van der Waals surface area contributed by atoms with Crippen LogP contribution in [-0.2, 0) is 11.2 Å². The zero-order chi connectivity index (χ0) is 20.4. The molecule has 1 amide bonds. The average Bonchev–Trinajstić information content (AvgIpc) is 3.33. The molecular weight excluding hydrogens is 422 g/mol. The monoisotopic (exact) mass is 439 g/mol. The summed E-state index contributed by atoms with van der Waals surface area (Å²) in [6, 6.07) is 13.8. The van der Waals surface area contributed by atoms with E-state index in [0.29, 0.717) is 10.2 Å². The lowest BCUT2D eigenvalue weighted by molar-refractivity contribution is -0.115. The van der Waals surface area contributed by atoms with Gasteiger partial charge in [0.15, 0.2) is 5.13 Å². The van der Waals surface area contributed by atoms with Gasteiger partial charge in [-0.3, -0.25) is 4.79 Å². The summed E-state index contributed by atoms with van der Waals surface area (Å²) >= 11 is 8.97. The molecule has 0 bridgehead atoms. The standard InChI is InChI=1S/C22H18ClN3OS2/c1-13-6-7-14(2)18(8-13)19-12-29-22(25-19)26-20(27)10-17-11-28-21(24-17)15-4-3-5-16(23)9-15/h3-9,11-12H,10H2,1-2H3,(H,25,26,27). The van der Waals surface area contributed by atoms with E-state index in [1.165, 1.54) is 28.2 Å². The van der Waals surface area contributed by atoms with E-state index in [9.17, 15) is 4.79 Å². The Morgan fingerprint density at radius 3 is 2.76 bits per heavy atom. The van der Waals surface area contributed by atoms with Gasteiger partial charge in [0.1, 0.15) is 5.01 Å². The summed E-state index contributed by atoms with van der Waals surface area (Å²) in [6.07, 6.45) is 0.204. The average molecular weight is 440 g/mol. The lowest BCUT2D eigenvalue weighted by atomic mass is 10.0. The SMILES string of the molecule is Cc1ccc(C)c(-c2csc(NC(=O)Cc3csc(-c4cccc(Cl)c4)n3)n2)c1. The van der Waals surface area contributed by atoms with Crippen LogP contribution in [0.2, 0.25) is 5.02 Å². The molecule has 0 radical (unpaired) electrons. The van der Waals surface area contributed by atoms with E-state index in [0.717, 1.165) is 33.1 Å². The minimum atomic E-state index is -0.130. The number of nitrogens with zero attached hydrogens (tertiary/aromatic N) is 2. The van der Waals surface area contributed by atoms with Crippen LogP contribution in [0.1, 0.15) is 16.8 Å². The first-order valence-electron chi connectivity index (χ1n) is 9.01. The van der Waals surface area contributed by atoms with Crippen LogP contribution < -0.4 is 5.32 Å². The predicted octanol–water partition coefficient (Wildman–Crippen LogP) is 6.39. The lowest BCUT2D eigenvalue weighted by Crippen LogP contribution is -2.14. The number of hydrogen-bond acceptors (Lipinski definition) is 5. The molecule has 0 unspecified atom stereocenters. The van der Waals surface area contributed by atoms with E-state index in [4.69, 9.17) is 11.6 Å². The Balaban J connectivity index is 1.43. The van der Waals surface area contributed by atoms with Crippen LogP contribution in [0.15, 0.2) is 53.2 Å². The second kappa shape index (κ2) is 8.45. The number of benzene rings is 2. The fourth-order valence-electron chi connectivity index (χ4n) is 2.94. The molecule has 0 spiro atoms. The highest BCUT2D eigenvalue weighted by Gasteiger charge is 2.13. The molecule has 0 aliphatic heterocycles. The molecule has 4 aromatic rings. The molecule has 146 valence electrons. The minimum Gasteiger partial charge on any atom is -0.302 e. The molecule has 0 aliphatic carbocycles. The molecule has 0 saturated heterocycles. The highest BCUT2D eigenvalue weighted by Crippen LogP contribution is 2.29. The van der Waals surface area contributed by atoms with Crippen LogP contribution >= 0.6 is 34.3 Å². The number of anilines is 1. The van der Waals surface area contributed by atoms with Crippen molar-refractivity contribution in [3.8, 4) is 21.8 Å². The van der Waals surface area contributed by atoms with Crippen molar-refractivity contribution < 1.29 is 4.79 Å². The second-order valence-corrected chi connectivity index (χ2v) is 8.89. The number of carbonyl (C=O) groups excluding carboxylic acids is 1. The Morgan fingerprint density at radius 2 is 1.93 bits per heavy atom. The Morgan fingerprint density at radius 1 is 1.07 bits per heavy atom. The zero-order valence-corrected chi connectivity index (χ0v) is 18.3. The van der Waals surface area contributed by atoms with Crippen LogP contribution in [0, 0.1) is 13.8 Å². The molecule has 0 fully saturated rings. The Bertz CT molecular complexity index is 1180. The van der Waals surface area contributed by atoms with Crippen LogP contribution in [0.4, 0.5) is 5.13 Å². The van der Waals surface area contributed by atoms with Crippen molar-refractivity contribution in [3.63, 3.8) is 0 Å². The van der Waals surface area contributed by atoms with Gasteiger partial charge < -0.3 is 5.32 Å². The summed E-state index contributed by atoms with van der Waals surface area (Å²) in [7, 11) is 0. The number of carbonyl (C=O) groups is 1. The minimum absolute atomic E-state index is 0.130. The first-order valence-corrected chi connectivity index (χ1v) is 11.1. The van der Waals surface area contributed by atoms with E-state index < -0.39 is 0 Å². The van der Waals surface area contributed by atoms with Gasteiger partial charge in [-0.1, -0.05) is 41.4 Å². The zero-order valence-electron chi connectivity index (χ0n) is 15.9. The number of hydrogen-bond donors (Lipinski definition) is 1. The van der Waals surface area contributed by atoms with Crippen LogP contribution in [0.5, 0.6) is 0 Å². The summed E-state index contributed by atoms with van der Waals surface area (Å²) in [4.78, 5) is 21.6. The fourth-order valence-corrected chi connectivity index (χ4v) is 4.67. The number of aryl methyl sites for hydroxylation is 2. The van der Waals surface area contributed by atoms with E-state index in [1.807, 2.05) is 35.0 Å². The van der Waals surface area contributed by atoms with E-state index in [2.05, 4.69) is 47.3 Å². The largest absolute Gasteiger partial charge is 0.302 e. The van der Waals surface area contributed by atoms with Crippen molar-refractivity contribution >= 4 is 45.3 Å². The van der Waals surface area contributed by atoms with Gasteiger partial charge in [-0.2, -0.15) is 0 Å². The molecule has 0 atom stereocenters. The molecule has 4 nitrogen and oxygen atoms in total. The Kier molecular flexibility index (Phi) is 5.76. The third kappa shape index (κ3) is 4.72. The van der Waals surface area contributed by atoms with Crippen molar-refractivity contribution in [2.75, 3.05) is 5.32 Å². The molecule has 2 aromatic heterocycles. The fraction of sp³-hybridized carbons (Fsp3) is 0.136. The third-order valence-electron chi connectivity index (χ3n) is 4.38. The maximum Gasteiger partial charge on any atom is 0.232 e. The van der Waals surface area contributed by atoms with Gasteiger partial charge in [-0.25, -0.2) is 9.97 Å². The van der Waals surface area contributed by atoms with E-state index in [-0.39, 0.29) is 12.3 Å². The van der Waals surface area contributed by atoms with Crippen molar-refractivity contribution in [3.05, 3.63) is 75.1 Å². The van der Waals surface area contributed by atoms with Crippen LogP contribution in [0.25, 0.3) is 21.8 Å². The Labute approximate surface area is 182 Å². The second-order valence-electron chi connectivity index (χ2n) is 6.74. The normalized spacial score (nSPS) is 10.9.